The number of nitrogens with two attached hydrogens (primary N) is 1. The Morgan fingerprint density at radius 1 is 1.21 bits per heavy atom. The maximum atomic E-state index is 12.1. The lowest BCUT2D eigenvalue weighted by molar-refractivity contribution is -0.118. The third-order valence-electron chi connectivity index (χ3n) is 3.53. The molecule has 132 valence electrons. The van der Waals surface area contributed by atoms with Gasteiger partial charge >= 0.3 is 0 Å². The number of anilines is 1. The van der Waals surface area contributed by atoms with Crippen molar-refractivity contribution in [3.8, 4) is 11.1 Å². The average molecular weight is 372 g/mol. The SMILES string of the molecule is COC(CN)CC(=O)Nc1cc(-c2ccncc2)ccc1C.Cl.Cl. The molecule has 0 radical (unpaired) electrons. The summed E-state index contributed by atoms with van der Waals surface area (Å²) in [5.74, 6) is -0.104. The summed E-state index contributed by atoms with van der Waals surface area (Å²) in [5, 5.41) is 2.93. The molecule has 0 saturated heterocycles. The molecule has 0 bridgehead atoms. The number of hydrogen-bond donors (Lipinski definition) is 2. The predicted octanol–water partition coefficient (Wildman–Crippen LogP) is 3.20. The second-order valence-corrected chi connectivity index (χ2v) is 5.11. The van der Waals surface area contributed by atoms with Gasteiger partial charge in [0, 0.05) is 31.7 Å². The number of nitrogens with zero attached hydrogens (tertiary/aromatic N) is 1. The molecule has 1 aromatic heterocycles. The van der Waals surface area contributed by atoms with Crippen molar-refractivity contribution in [2.24, 2.45) is 5.73 Å². The van der Waals surface area contributed by atoms with Gasteiger partial charge in [-0.25, -0.2) is 0 Å². The van der Waals surface area contributed by atoms with Crippen molar-refractivity contribution in [3.05, 3.63) is 48.3 Å². The minimum atomic E-state index is -0.260. The van der Waals surface area contributed by atoms with Crippen molar-refractivity contribution in [2.45, 2.75) is 19.4 Å². The van der Waals surface area contributed by atoms with Gasteiger partial charge in [0.2, 0.25) is 5.91 Å². The Morgan fingerprint density at radius 2 is 1.88 bits per heavy atom. The quantitative estimate of drug-likeness (QED) is 0.816. The zero-order chi connectivity index (χ0) is 15.9. The van der Waals surface area contributed by atoms with E-state index in [0.717, 1.165) is 22.4 Å². The first-order valence-electron chi connectivity index (χ1n) is 7.17. The summed E-state index contributed by atoms with van der Waals surface area (Å²) >= 11 is 0. The molecule has 0 aliphatic carbocycles. The molecular formula is C17H23Cl2N3O2. The summed E-state index contributed by atoms with van der Waals surface area (Å²) in [4.78, 5) is 16.1. The number of rotatable bonds is 6. The summed E-state index contributed by atoms with van der Waals surface area (Å²) in [7, 11) is 1.56. The van der Waals surface area contributed by atoms with Crippen LogP contribution in [0.4, 0.5) is 5.69 Å². The van der Waals surface area contributed by atoms with Crippen molar-refractivity contribution in [1.82, 2.24) is 4.98 Å². The molecule has 2 rings (SSSR count). The Morgan fingerprint density at radius 3 is 2.46 bits per heavy atom. The number of aromatic nitrogens is 1. The Hall–Kier alpha value is -1.66. The van der Waals surface area contributed by atoms with Crippen LogP contribution in [-0.2, 0) is 9.53 Å². The first-order valence-corrected chi connectivity index (χ1v) is 7.17. The molecule has 1 atom stereocenters. The molecule has 0 spiro atoms. The lowest BCUT2D eigenvalue weighted by Gasteiger charge is -2.14. The van der Waals surface area contributed by atoms with Crippen molar-refractivity contribution in [1.29, 1.82) is 0 Å². The number of methoxy groups -OCH3 is 1. The monoisotopic (exact) mass is 371 g/mol. The molecule has 5 nitrogen and oxygen atoms in total. The molecule has 1 aromatic carbocycles. The van der Waals surface area contributed by atoms with E-state index in [4.69, 9.17) is 10.5 Å². The topological polar surface area (TPSA) is 77.2 Å². The third-order valence-corrected chi connectivity index (χ3v) is 3.53. The maximum Gasteiger partial charge on any atom is 0.227 e. The van der Waals surface area contributed by atoms with E-state index in [1.54, 1.807) is 19.5 Å². The number of amides is 1. The molecule has 1 unspecified atom stereocenters. The number of hydrogen-bond acceptors (Lipinski definition) is 4. The number of benzene rings is 1. The predicted molar refractivity (Wildman–Crippen MR) is 102 cm³/mol. The lowest BCUT2D eigenvalue weighted by Crippen LogP contribution is -2.28. The van der Waals surface area contributed by atoms with Gasteiger partial charge in [0.15, 0.2) is 0 Å². The van der Waals surface area contributed by atoms with Gasteiger partial charge in [0.25, 0.3) is 0 Å². The van der Waals surface area contributed by atoms with E-state index >= 15 is 0 Å². The zero-order valence-electron chi connectivity index (χ0n) is 13.7. The number of pyridine rings is 1. The Kier molecular flexibility index (Phi) is 10.2. The van der Waals surface area contributed by atoms with Crippen molar-refractivity contribution in [2.75, 3.05) is 19.0 Å². The smallest absolute Gasteiger partial charge is 0.227 e. The molecule has 7 heteroatoms. The van der Waals surface area contributed by atoms with Gasteiger partial charge in [-0.15, -0.1) is 24.8 Å². The molecule has 0 saturated carbocycles. The highest BCUT2D eigenvalue weighted by Crippen LogP contribution is 2.25. The van der Waals surface area contributed by atoms with E-state index in [2.05, 4.69) is 10.3 Å². The van der Waals surface area contributed by atoms with Crippen LogP contribution in [0.2, 0.25) is 0 Å². The van der Waals surface area contributed by atoms with Crippen molar-refractivity contribution < 1.29 is 9.53 Å². The molecule has 1 amide bonds. The minimum absolute atomic E-state index is 0. The lowest BCUT2D eigenvalue weighted by atomic mass is 10.0. The van der Waals surface area contributed by atoms with Crippen LogP contribution in [0.3, 0.4) is 0 Å². The van der Waals surface area contributed by atoms with Crippen molar-refractivity contribution >= 4 is 36.4 Å². The maximum absolute atomic E-state index is 12.1. The molecule has 0 fully saturated rings. The fraction of sp³-hybridized carbons (Fsp3) is 0.294. The van der Waals surface area contributed by atoms with Gasteiger partial charge in [0.1, 0.15) is 0 Å². The third kappa shape index (κ3) is 6.09. The molecule has 1 heterocycles. The summed E-state index contributed by atoms with van der Waals surface area (Å²) < 4.78 is 5.14. The van der Waals surface area contributed by atoms with Crippen LogP contribution < -0.4 is 11.1 Å². The van der Waals surface area contributed by atoms with E-state index in [0.29, 0.717) is 6.54 Å². The van der Waals surface area contributed by atoms with Crippen LogP contribution >= 0.6 is 24.8 Å². The van der Waals surface area contributed by atoms with E-state index in [1.165, 1.54) is 0 Å². The Labute approximate surface area is 154 Å². The number of ether oxygens (including phenoxy) is 1. The molecular weight excluding hydrogens is 349 g/mol. The van der Waals surface area contributed by atoms with E-state index in [1.807, 2.05) is 37.3 Å². The second kappa shape index (κ2) is 11.0. The largest absolute Gasteiger partial charge is 0.380 e. The van der Waals surface area contributed by atoms with Crippen LogP contribution in [0.25, 0.3) is 11.1 Å². The van der Waals surface area contributed by atoms with Crippen LogP contribution in [0, 0.1) is 6.92 Å². The van der Waals surface area contributed by atoms with E-state index in [-0.39, 0.29) is 43.2 Å². The van der Waals surface area contributed by atoms with E-state index < -0.39 is 0 Å². The number of nitrogens with one attached hydrogen (secondary N) is 1. The fourth-order valence-electron chi connectivity index (χ4n) is 2.15. The number of carbonyl (C=O) groups is 1. The summed E-state index contributed by atoms with van der Waals surface area (Å²) in [5.41, 5.74) is 9.44. The summed E-state index contributed by atoms with van der Waals surface area (Å²) in [6, 6.07) is 9.85. The van der Waals surface area contributed by atoms with Gasteiger partial charge in [-0.2, -0.15) is 0 Å². The molecule has 3 N–H and O–H groups in total. The van der Waals surface area contributed by atoms with Gasteiger partial charge in [-0.1, -0.05) is 12.1 Å². The zero-order valence-corrected chi connectivity index (χ0v) is 15.3. The standard InChI is InChI=1S/C17H21N3O2.2ClH/c1-12-3-4-14(13-5-7-19-8-6-13)9-16(12)20-17(21)10-15(11-18)22-2;;/h3-9,15H,10-11,18H2,1-2H3,(H,20,21);2*1H. The van der Waals surface area contributed by atoms with Crippen LogP contribution in [0.1, 0.15) is 12.0 Å². The normalized spacial score (nSPS) is 11.0. The van der Waals surface area contributed by atoms with Crippen LogP contribution in [0.5, 0.6) is 0 Å². The highest BCUT2D eigenvalue weighted by Gasteiger charge is 2.13. The highest BCUT2D eigenvalue weighted by molar-refractivity contribution is 5.92. The van der Waals surface area contributed by atoms with Crippen LogP contribution in [0.15, 0.2) is 42.7 Å². The highest BCUT2D eigenvalue weighted by atomic mass is 35.5. The van der Waals surface area contributed by atoms with Gasteiger partial charge < -0.3 is 15.8 Å². The number of halogens is 2. The van der Waals surface area contributed by atoms with Gasteiger partial charge in [-0.05, 0) is 41.8 Å². The molecule has 2 aromatic rings. The van der Waals surface area contributed by atoms with Crippen molar-refractivity contribution in [3.63, 3.8) is 0 Å². The average Bonchev–Trinajstić information content (AvgIpc) is 2.55. The van der Waals surface area contributed by atoms with Gasteiger partial charge in [0.05, 0.1) is 12.5 Å². The Balaban J connectivity index is 0.00000264. The molecule has 0 aliphatic rings. The number of carbonyl (C=O) groups excluding carboxylic acids is 1. The second-order valence-electron chi connectivity index (χ2n) is 5.11. The number of aryl methyl sites for hydroxylation is 1. The minimum Gasteiger partial charge on any atom is -0.380 e. The first kappa shape index (κ1) is 22.3. The van der Waals surface area contributed by atoms with Gasteiger partial charge in [-0.3, -0.25) is 9.78 Å². The fourth-order valence-corrected chi connectivity index (χ4v) is 2.15. The first-order chi connectivity index (χ1) is 10.6. The van der Waals surface area contributed by atoms with Crippen LogP contribution in [-0.4, -0.2) is 30.6 Å². The summed E-state index contributed by atoms with van der Waals surface area (Å²) in [6.45, 7) is 2.28. The summed E-state index contributed by atoms with van der Waals surface area (Å²) in [6.07, 6.45) is 3.48. The Bertz CT molecular complexity index is 635. The molecule has 24 heavy (non-hydrogen) atoms. The van der Waals surface area contributed by atoms with E-state index in [9.17, 15) is 4.79 Å². The molecule has 0 aliphatic heterocycles.